The van der Waals surface area contributed by atoms with Crippen LogP contribution in [0.3, 0.4) is 0 Å². The molecule has 0 aliphatic carbocycles. The average molecular weight is 409 g/mol. The Hall–Kier alpha value is -4.12. The quantitative estimate of drug-likeness (QED) is 0.377. The summed E-state index contributed by atoms with van der Waals surface area (Å²) in [6.07, 6.45) is 0.924. The van der Waals surface area contributed by atoms with Crippen LogP contribution in [0.1, 0.15) is 22.5 Å². The first kappa shape index (κ1) is 20.2. The molecule has 0 saturated carbocycles. The predicted molar refractivity (Wildman–Crippen MR) is 124 cm³/mol. The van der Waals surface area contributed by atoms with Gasteiger partial charge in [0.2, 0.25) is 5.91 Å². The lowest BCUT2D eigenvalue weighted by Crippen LogP contribution is -2.17. The van der Waals surface area contributed by atoms with E-state index in [4.69, 9.17) is 0 Å². The number of para-hydroxylation sites is 2. The third-order valence-electron chi connectivity index (χ3n) is 4.94. The number of carbonyl (C=O) groups is 2. The standard InChI is InChI=1S/C26H23N3O2/c30-25(18-16-21-15-17-22(27-21)19-9-3-1-4-10-19)28-23-13-7-8-14-24(23)29-26(31)20-11-5-2-6-12-20/h1-15,17,27H,16,18H2,(H,28,30)(H,29,31). The highest BCUT2D eigenvalue weighted by atomic mass is 16.2. The van der Waals surface area contributed by atoms with Crippen LogP contribution in [0.15, 0.2) is 97.1 Å². The van der Waals surface area contributed by atoms with E-state index in [0.29, 0.717) is 29.8 Å². The molecule has 5 heteroatoms. The van der Waals surface area contributed by atoms with Gasteiger partial charge in [-0.3, -0.25) is 9.59 Å². The molecule has 4 rings (SSSR count). The van der Waals surface area contributed by atoms with Crippen molar-refractivity contribution in [2.24, 2.45) is 0 Å². The summed E-state index contributed by atoms with van der Waals surface area (Å²) in [4.78, 5) is 28.4. The number of aromatic amines is 1. The van der Waals surface area contributed by atoms with Crippen LogP contribution in [0.2, 0.25) is 0 Å². The number of aryl methyl sites for hydroxylation is 1. The molecule has 1 heterocycles. The topological polar surface area (TPSA) is 74.0 Å². The Bertz CT molecular complexity index is 1170. The molecule has 31 heavy (non-hydrogen) atoms. The largest absolute Gasteiger partial charge is 0.358 e. The van der Waals surface area contributed by atoms with Crippen LogP contribution in [-0.2, 0) is 11.2 Å². The molecular formula is C26H23N3O2. The van der Waals surface area contributed by atoms with Gasteiger partial charge in [-0.15, -0.1) is 0 Å². The molecular weight excluding hydrogens is 386 g/mol. The predicted octanol–water partition coefficient (Wildman–Crippen LogP) is 5.51. The van der Waals surface area contributed by atoms with E-state index >= 15 is 0 Å². The Balaban J connectivity index is 1.36. The number of hydrogen-bond acceptors (Lipinski definition) is 2. The monoisotopic (exact) mass is 409 g/mol. The van der Waals surface area contributed by atoms with Crippen LogP contribution < -0.4 is 10.6 Å². The molecule has 3 N–H and O–H groups in total. The van der Waals surface area contributed by atoms with Gasteiger partial charge in [0.25, 0.3) is 5.91 Å². The normalized spacial score (nSPS) is 10.5. The van der Waals surface area contributed by atoms with Gasteiger partial charge in [-0.1, -0.05) is 60.7 Å². The minimum atomic E-state index is -0.220. The smallest absolute Gasteiger partial charge is 0.255 e. The highest BCUT2D eigenvalue weighted by Crippen LogP contribution is 2.23. The fraction of sp³-hybridized carbons (Fsp3) is 0.0769. The molecule has 0 radical (unpaired) electrons. The van der Waals surface area contributed by atoms with Crippen LogP contribution in [0.5, 0.6) is 0 Å². The number of carbonyl (C=O) groups excluding carboxylic acids is 2. The van der Waals surface area contributed by atoms with E-state index < -0.39 is 0 Å². The van der Waals surface area contributed by atoms with Crippen molar-refractivity contribution < 1.29 is 9.59 Å². The Morgan fingerprint density at radius 1 is 0.677 bits per heavy atom. The molecule has 0 aliphatic heterocycles. The van der Waals surface area contributed by atoms with Crippen molar-refractivity contribution in [2.45, 2.75) is 12.8 Å². The lowest BCUT2D eigenvalue weighted by Gasteiger charge is -2.12. The van der Waals surface area contributed by atoms with Gasteiger partial charge in [-0.2, -0.15) is 0 Å². The van der Waals surface area contributed by atoms with Crippen molar-refractivity contribution in [3.63, 3.8) is 0 Å². The first-order chi connectivity index (χ1) is 15.2. The summed E-state index contributed by atoms with van der Waals surface area (Å²) in [5.41, 5.74) is 4.85. The molecule has 5 nitrogen and oxygen atoms in total. The van der Waals surface area contributed by atoms with E-state index in [0.717, 1.165) is 17.0 Å². The van der Waals surface area contributed by atoms with Gasteiger partial charge in [0, 0.05) is 23.4 Å². The molecule has 154 valence electrons. The summed E-state index contributed by atoms with van der Waals surface area (Å²) in [7, 11) is 0. The zero-order valence-electron chi connectivity index (χ0n) is 17.0. The first-order valence-electron chi connectivity index (χ1n) is 10.2. The fourth-order valence-electron chi connectivity index (χ4n) is 3.32. The van der Waals surface area contributed by atoms with E-state index in [9.17, 15) is 9.59 Å². The van der Waals surface area contributed by atoms with Crippen molar-refractivity contribution in [1.82, 2.24) is 4.98 Å². The highest BCUT2D eigenvalue weighted by Gasteiger charge is 2.11. The second kappa shape index (κ2) is 9.59. The summed E-state index contributed by atoms with van der Waals surface area (Å²) in [5.74, 6) is -0.334. The van der Waals surface area contributed by atoms with Crippen molar-refractivity contribution in [3.05, 3.63) is 108 Å². The van der Waals surface area contributed by atoms with Crippen LogP contribution in [0.4, 0.5) is 11.4 Å². The van der Waals surface area contributed by atoms with Gasteiger partial charge in [0.1, 0.15) is 0 Å². The average Bonchev–Trinajstić information content (AvgIpc) is 3.29. The van der Waals surface area contributed by atoms with Crippen LogP contribution in [-0.4, -0.2) is 16.8 Å². The Labute approximate surface area is 181 Å². The lowest BCUT2D eigenvalue weighted by molar-refractivity contribution is -0.116. The van der Waals surface area contributed by atoms with E-state index in [1.54, 1.807) is 24.3 Å². The summed E-state index contributed by atoms with van der Waals surface area (Å²) in [5, 5.41) is 5.78. The number of nitrogens with one attached hydrogen (secondary N) is 3. The minimum absolute atomic E-state index is 0.114. The fourth-order valence-corrected chi connectivity index (χ4v) is 3.32. The van der Waals surface area contributed by atoms with E-state index in [1.165, 1.54) is 0 Å². The van der Waals surface area contributed by atoms with Gasteiger partial charge in [0.05, 0.1) is 11.4 Å². The molecule has 0 spiro atoms. The summed E-state index contributed by atoms with van der Waals surface area (Å²) < 4.78 is 0. The van der Waals surface area contributed by atoms with Crippen molar-refractivity contribution in [3.8, 4) is 11.3 Å². The second-order valence-corrected chi connectivity index (χ2v) is 7.18. The maximum atomic E-state index is 12.5. The number of anilines is 2. The molecule has 2 amide bonds. The molecule has 0 aliphatic rings. The zero-order chi connectivity index (χ0) is 21.5. The number of amides is 2. The van der Waals surface area contributed by atoms with Gasteiger partial charge in [-0.25, -0.2) is 0 Å². The van der Waals surface area contributed by atoms with Crippen LogP contribution in [0, 0.1) is 0 Å². The molecule has 0 atom stereocenters. The summed E-state index contributed by atoms with van der Waals surface area (Å²) in [6.45, 7) is 0. The third kappa shape index (κ3) is 5.28. The SMILES string of the molecule is O=C(CCc1ccc(-c2ccccc2)[nH]1)Nc1ccccc1NC(=O)c1ccccc1. The Morgan fingerprint density at radius 2 is 1.29 bits per heavy atom. The Kier molecular flexibility index (Phi) is 6.24. The van der Waals surface area contributed by atoms with Crippen LogP contribution in [0.25, 0.3) is 11.3 Å². The lowest BCUT2D eigenvalue weighted by atomic mass is 10.2. The molecule has 1 aromatic heterocycles. The number of H-pyrrole nitrogens is 1. The first-order valence-corrected chi connectivity index (χ1v) is 10.2. The molecule has 0 bridgehead atoms. The second-order valence-electron chi connectivity index (χ2n) is 7.18. The van der Waals surface area contributed by atoms with E-state index in [-0.39, 0.29) is 11.8 Å². The van der Waals surface area contributed by atoms with Gasteiger partial charge >= 0.3 is 0 Å². The van der Waals surface area contributed by atoms with Crippen molar-refractivity contribution in [1.29, 1.82) is 0 Å². The maximum absolute atomic E-state index is 12.5. The minimum Gasteiger partial charge on any atom is -0.358 e. The molecule has 3 aromatic carbocycles. The van der Waals surface area contributed by atoms with Crippen molar-refractivity contribution in [2.75, 3.05) is 10.6 Å². The van der Waals surface area contributed by atoms with Gasteiger partial charge < -0.3 is 15.6 Å². The number of rotatable bonds is 7. The summed E-state index contributed by atoms with van der Waals surface area (Å²) >= 11 is 0. The zero-order valence-corrected chi connectivity index (χ0v) is 17.0. The number of benzene rings is 3. The summed E-state index contributed by atoms with van der Waals surface area (Å²) in [6, 6.07) is 30.3. The third-order valence-corrected chi connectivity index (χ3v) is 4.94. The highest BCUT2D eigenvalue weighted by molar-refractivity contribution is 6.07. The molecule has 4 aromatic rings. The Morgan fingerprint density at radius 3 is 2.00 bits per heavy atom. The van der Waals surface area contributed by atoms with Crippen LogP contribution >= 0.6 is 0 Å². The molecule has 0 unspecified atom stereocenters. The van der Waals surface area contributed by atoms with Gasteiger partial charge in [-0.05, 0) is 48.4 Å². The van der Waals surface area contributed by atoms with E-state index in [1.807, 2.05) is 72.8 Å². The maximum Gasteiger partial charge on any atom is 0.255 e. The van der Waals surface area contributed by atoms with E-state index in [2.05, 4.69) is 15.6 Å². The van der Waals surface area contributed by atoms with Crippen molar-refractivity contribution >= 4 is 23.2 Å². The number of aromatic nitrogens is 1. The molecule has 0 fully saturated rings. The molecule has 0 saturated heterocycles. The number of hydrogen-bond donors (Lipinski definition) is 3. The van der Waals surface area contributed by atoms with Gasteiger partial charge in [0.15, 0.2) is 0 Å².